The SMILES string of the molecule is Cc1cc(C)n(-c2ccc(C(=O)OCc3nnc4n(C)c(=O)c5sccc5n34)cc2)n1. The third-order valence-corrected chi connectivity index (χ3v) is 5.98. The van der Waals surface area contributed by atoms with E-state index in [0.29, 0.717) is 27.4 Å². The summed E-state index contributed by atoms with van der Waals surface area (Å²) in [5.74, 6) is 0.376. The molecule has 10 heteroatoms. The molecule has 31 heavy (non-hydrogen) atoms. The molecule has 5 rings (SSSR count). The van der Waals surface area contributed by atoms with Crippen molar-refractivity contribution in [3.8, 4) is 5.69 Å². The van der Waals surface area contributed by atoms with Crippen molar-refractivity contribution >= 4 is 33.3 Å². The highest BCUT2D eigenvalue weighted by Gasteiger charge is 2.17. The molecule has 5 aromatic rings. The summed E-state index contributed by atoms with van der Waals surface area (Å²) in [5, 5.41) is 14.5. The van der Waals surface area contributed by atoms with Gasteiger partial charge in [0.25, 0.3) is 5.56 Å². The number of carbonyl (C=O) groups is 1. The van der Waals surface area contributed by atoms with Gasteiger partial charge in [0.2, 0.25) is 5.78 Å². The number of carbonyl (C=O) groups excluding carboxylic acids is 1. The summed E-state index contributed by atoms with van der Waals surface area (Å²) in [5.41, 5.74) is 3.81. The summed E-state index contributed by atoms with van der Waals surface area (Å²) in [4.78, 5) is 25.0. The normalized spacial score (nSPS) is 11.5. The van der Waals surface area contributed by atoms with E-state index in [4.69, 9.17) is 4.74 Å². The first-order valence-corrected chi connectivity index (χ1v) is 10.4. The zero-order valence-corrected chi connectivity index (χ0v) is 17.9. The Bertz CT molecular complexity index is 1510. The summed E-state index contributed by atoms with van der Waals surface area (Å²) in [7, 11) is 1.64. The van der Waals surface area contributed by atoms with Crippen LogP contribution < -0.4 is 5.56 Å². The maximum absolute atomic E-state index is 12.6. The fourth-order valence-electron chi connectivity index (χ4n) is 3.59. The van der Waals surface area contributed by atoms with Crippen LogP contribution in [0.25, 0.3) is 21.7 Å². The van der Waals surface area contributed by atoms with Crippen LogP contribution in [0, 0.1) is 13.8 Å². The van der Waals surface area contributed by atoms with Crippen LogP contribution in [0.2, 0.25) is 0 Å². The first-order chi connectivity index (χ1) is 14.9. The molecule has 156 valence electrons. The second-order valence-electron chi connectivity index (χ2n) is 7.21. The molecule has 0 amide bonds. The second kappa shape index (κ2) is 7.17. The van der Waals surface area contributed by atoms with Crippen LogP contribution >= 0.6 is 11.3 Å². The molecule has 0 aliphatic rings. The van der Waals surface area contributed by atoms with Crippen LogP contribution in [0.3, 0.4) is 0 Å². The predicted molar refractivity (Wildman–Crippen MR) is 116 cm³/mol. The lowest BCUT2D eigenvalue weighted by Gasteiger charge is -2.08. The molecule has 0 fully saturated rings. The van der Waals surface area contributed by atoms with Crippen molar-refractivity contribution in [3.05, 3.63) is 74.9 Å². The van der Waals surface area contributed by atoms with Crippen molar-refractivity contribution in [2.45, 2.75) is 20.5 Å². The van der Waals surface area contributed by atoms with E-state index in [0.717, 1.165) is 17.1 Å². The van der Waals surface area contributed by atoms with Gasteiger partial charge in [-0.05, 0) is 55.6 Å². The molecule has 1 aromatic carbocycles. The van der Waals surface area contributed by atoms with Crippen molar-refractivity contribution in [1.29, 1.82) is 0 Å². The van der Waals surface area contributed by atoms with Crippen molar-refractivity contribution in [2.24, 2.45) is 7.05 Å². The zero-order valence-electron chi connectivity index (χ0n) is 17.1. The molecule has 0 atom stereocenters. The molecular weight excluding hydrogens is 416 g/mol. The van der Waals surface area contributed by atoms with E-state index in [1.54, 1.807) is 23.6 Å². The van der Waals surface area contributed by atoms with E-state index in [1.807, 2.05) is 48.2 Å². The van der Waals surface area contributed by atoms with E-state index < -0.39 is 5.97 Å². The molecule has 9 nitrogen and oxygen atoms in total. The van der Waals surface area contributed by atoms with Crippen molar-refractivity contribution in [1.82, 2.24) is 28.9 Å². The highest BCUT2D eigenvalue weighted by molar-refractivity contribution is 7.17. The lowest BCUT2D eigenvalue weighted by atomic mass is 10.2. The molecule has 0 bridgehead atoms. The number of hydrogen-bond acceptors (Lipinski definition) is 7. The topological polar surface area (TPSA) is 96.3 Å². The van der Waals surface area contributed by atoms with E-state index in [-0.39, 0.29) is 12.2 Å². The number of nitrogens with zero attached hydrogens (tertiary/aromatic N) is 6. The fraction of sp³-hybridized carbons (Fsp3) is 0.190. The van der Waals surface area contributed by atoms with Gasteiger partial charge in [-0.25, -0.2) is 9.48 Å². The van der Waals surface area contributed by atoms with Gasteiger partial charge in [-0.1, -0.05) is 0 Å². The summed E-state index contributed by atoms with van der Waals surface area (Å²) < 4.78 is 11.1. The molecule has 0 unspecified atom stereocenters. The minimum Gasteiger partial charge on any atom is -0.454 e. The predicted octanol–water partition coefficient (Wildman–Crippen LogP) is 2.80. The van der Waals surface area contributed by atoms with Gasteiger partial charge >= 0.3 is 5.97 Å². The van der Waals surface area contributed by atoms with Gasteiger partial charge in [0.15, 0.2) is 12.4 Å². The number of thiophene rings is 1. The van der Waals surface area contributed by atoms with Crippen LogP contribution in [-0.4, -0.2) is 34.9 Å². The molecule has 0 radical (unpaired) electrons. The first kappa shape index (κ1) is 19.2. The average molecular weight is 434 g/mol. The molecule has 0 saturated heterocycles. The summed E-state index contributed by atoms with van der Waals surface area (Å²) in [6, 6.07) is 10.9. The van der Waals surface area contributed by atoms with Gasteiger partial charge in [0, 0.05) is 12.7 Å². The molecule has 0 aliphatic heterocycles. The zero-order chi connectivity index (χ0) is 21.7. The summed E-state index contributed by atoms with van der Waals surface area (Å²) >= 11 is 1.35. The number of esters is 1. The average Bonchev–Trinajstić information content (AvgIpc) is 3.48. The molecule has 4 aromatic heterocycles. The molecule has 0 N–H and O–H groups in total. The Hall–Kier alpha value is -3.79. The minimum atomic E-state index is -0.469. The van der Waals surface area contributed by atoms with E-state index in [1.165, 1.54) is 15.9 Å². The number of benzene rings is 1. The molecule has 4 heterocycles. The van der Waals surface area contributed by atoms with Gasteiger partial charge in [0.1, 0.15) is 4.70 Å². The molecular formula is C21H18N6O3S. The van der Waals surface area contributed by atoms with Crippen molar-refractivity contribution < 1.29 is 9.53 Å². The largest absolute Gasteiger partial charge is 0.454 e. The van der Waals surface area contributed by atoms with Crippen LogP contribution in [0.1, 0.15) is 27.6 Å². The number of aromatic nitrogens is 6. The Morgan fingerprint density at radius 2 is 1.90 bits per heavy atom. The maximum Gasteiger partial charge on any atom is 0.338 e. The number of aryl methyl sites for hydroxylation is 3. The van der Waals surface area contributed by atoms with E-state index >= 15 is 0 Å². The first-order valence-electron chi connectivity index (χ1n) is 9.55. The Morgan fingerprint density at radius 3 is 2.61 bits per heavy atom. The van der Waals surface area contributed by atoms with Gasteiger partial charge in [-0.2, -0.15) is 5.10 Å². The summed E-state index contributed by atoms with van der Waals surface area (Å²) in [6.07, 6.45) is 0. The quantitative estimate of drug-likeness (QED) is 0.404. The highest BCUT2D eigenvalue weighted by atomic mass is 32.1. The standard InChI is InChI=1S/C21H18N6O3S/c1-12-10-13(2)27(24-12)15-6-4-14(5-7-15)20(29)30-11-17-22-23-21-25(3)19(28)18-16(26(17)21)8-9-31-18/h4-10H,11H2,1-3H3. The van der Waals surface area contributed by atoms with Crippen LogP contribution in [0.5, 0.6) is 0 Å². The summed E-state index contributed by atoms with van der Waals surface area (Å²) in [6.45, 7) is 3.85. The van der Waals surface area contributed by atoms with Crippen molar-refractivity contribution in [3.63, 3.8) is 0 Å². The minimum absolute atomic E-state index is 0.0671. The molecule has 0 spiro atoms. The van der Waals surface area contributed by atoms with Gasteiger partial charge in [-0.15, -0.1) is 21.5 Å². The number of rotatable bonds is 4. The van der Waals surface area contributed by atoms with Gasteiger partial charge in [0.05, 0.1) is 22.5 Å². The molecule has 0 aliphatic carbocycles. The Kier molecular flexibility index (Phi) is 4.44. The van der Waals surface area contributed by atoms with Crippen LogP contribution in [0.15, 0.2) is 46.6 Å². The Labute approximate surface area is 180 Å². The van der Waals surface area contributed by atoms with Gasteiger partial charge in [-0.3, -0.25) is 13.8 Å². The lowest BCUT2D eigenvalue weighted by molar-refractivity contribution is 0.0461. The van der Waals surface area contributed by atoms with Gasteiger partial charge < -0.3 is 4.74 Å². The number of ether oxygens (including phenoxy) is 1. The Balaban J connectivity index is 1.39. The Morgan fingerprint density at radius 1 is 1.13 bits per heavy atom. The maximum atomic E-state index is 12.6. The third kappa shape index (κ3) is 3.12. The molecule has 0 saturated carbocycles. The fourth-order valence-corrected chi connectivity index (χ4v) is 4.44. The second-order valence-corrected chi connectivity index (χ2v) is 8.13. The van der Waals surface area contributed by atoms with E-state index in [2.05, 4.69) is 15.3 Å². The van der Waals surface area contributed by atoms with Crippen LogP contribution in [-0.2, 0) is 18.4 Å². The smallest absolute Gasteiger partial charge is 0.338 e. The third-order valence-electron chi connectivity index (χ3n) is 5.09. The monoisotopic (exact) mass is 434 g/mol. The lowest BCUT2D eigenvalue weighted by Crippen LogP contribution is -2.19. The van der Waals surface area contributed by atoms with Crippen molar-refractivity contribution in [2.75, 3.05) is 0 Å². The number of hydrogen-bond donors (Lipinski definition) is 0. The van der Waals surface area contributed by atoms with Crippen LogP contribution in [0.4, 0.5) is 0 Å². The highest BCUT2D eigenvalue weighted by Crippen LogP contribution is 2.20. The van der Waals surface area contributed by atoms with E-state index in [9.17, 15) is 9.59 Å². The number of fused-ring (bicyclic) bond motifs is 3.